The molecule has 0 bridgehead atoms. The lowest BCUT2D eigenvalue weighted by molar-refractivity contribution is -0.274. The number of ether oxygens (including phenoxy) is 5. The molecule has 10 nitrogen and oxygen atoms in total. The number of amides is 1. The minimum absolute atomic E-state index is 0.0798. The summed E-state index contributed by atoms with van der Waals surface area (Å²) < 4.78 is 65.1. The van der Waals surface area contributed by atoms with E-state index >= 15 is 0 Å². The first-order valence-electron chi connectivity index (χ1n) is 13.1. The number of unbranched alkanes of at least 4 members (excludes halogenated alkanes) is 1. The average Bonchev–Trinajstić information content (AvgIpc) is 2.91. The van der Waals surface area contributed by atoms with Gasteiger partial charge in [0.15, 0.2) is 0 Å². The molecule has 1 aromatic rings. The highest BCUT2D eigenvalue weighted by molar-refractivity contribution is 6.10. The maximum absolute atomic E-state index is 13.0. The number of esters is 3. The zero-order valence-corrected chi connectivity index (χ0v) is 23.1. The van der Waals surface area contributed by atoms with Crippen LogP contribution in [0, 0.1) is 5.92 Å². The third kappa shape index (κ3) is 8.40. The summed E-state index contributed by atoms with van der Waals surface area (Å²) >= 11 is 0. The van der Waals surface area contributed by atoms with Crippen molar-refractivity contribution in [1.29, 1.82) is 0 Å². The van der Waals surface area contributed by atoms with E-state index in [4.69, 9.17) is 23.7 Å². The molecule has 1 aliphatic rings. The fourth-order valence-electron chi connectivity index (χ4n) is 4.05. The van der Waals surface area contributed by atoms with Gasteiger partial charge in [0.1, 0.15) is 0 Å². The van der Waals surface area contributed by atoms with Crippen molar-refractivity contribution in [3.8, 4) is 0 Å². The molecule has 0 atom stereocenters. The van der Waals surface area contributed by atoms with Crippen LogP contribution in [0.2, 0.25) is 0 Å². The van der Waals surface area contributed by atoms with E-state index in [1.165, 1.54) is 20.8 Å². The van der Waals surface area contributed by atoms with E-state index in [0.717, 1.165) is 24.3 Å². The second kappa shape index (κ2) is 14.4. The number of nitrogens with one attached hydrogen (secondary N) is 1. The van der Waals surface area contributed by atoms with Gasteiger partial charge in [0.2, 0.25) is 5.54 Å². The van der Waals surface area contributed by atoms with Crippen molar-refractivity contribution >= 4 is 23.8 Å². The molecule has 1 heterocycles. The van der Waals surface area contributed by atoms with E-state index in [-0.39, 0.29) is 57.4 Å². The van der Waals surface area contributed by atoms with Crippen LogP contribution in [0.1, 0.15) is 69.3 Å². The summed E-state index contributed by atoms with van der Waals surface area (Å²) in [7, 11) is 0. The summed E-state index contributed by atoms with van der Waals surface area (Å²) in [6, 6.07) is 3.36. The van der Waals surface area contributed by atoms with Crippen LogP contribution in [0.15, 0.2) is 24.3 Å². The number of rotatable bonds is 13. The number of hydrogen-bond acceptors (Lipinski definition) is 9. The van der Waals surface area contributed by atoms with Gasteiger partial charge in [-0.05, 0) is 64.3 Å². The van der Waals surface area contributed by atoms with Gasteiger partial charge in [0.05, 0.1) is 38.6 Å². The van der Waals surface area contributed by atoms with Crippen molar-refractivity contribution in [2.45, 2.75) is 70.9 Å². The molecular weight excluding hydrogens is 539 g/mol. The van der Waals surface area contributed by atoms with Crippen molar-refractivity contribution in [3.05, 3.63) is 35.4 Å². The highest BCUT2D eigenvalue weighted by atomic mass is 19.4. The molecule has 2 rings (SSSR count). The van der Waals surface area contributed by atoms with E-state index in [9.17, 15) is 32.3 Å². The Morgan fingerprint density at radius 1 is 0.900 bits per heavy atom. The smallest absolute Gasteiger partial charge is 0.416 e. The highest BCUT2D eigenvalue weighted by Gasteiger charge is 2.50. The van der Waals surface area contributed by atoms with Gasteiger partial charge in [-0.1, -0.05) is 6.42 Å². The molecule has 0 radical (unpaired) electrons. The number of benzene rings is 1. The van der Waals surface area contributed by atoms with Crippen LogP contribution in [0.4, 0.5) is 13.2 Å². The Kier molecular flexibility index (Phi) is 11.9. The summed E-state index contributed by atoms with van der Waals surface area (Å²) in [6.07, 6.45) is -3.50. The summed E-state index contributed by atoms with van der Waals surface area (Å²) in [6.45, 7) is 6.65. The molecule has 1 aliphatic heterocycles. The van der Waals surface area contributed by atoms with Gasteiger partial charge in [0.25, 0.3) is 11.7 Å². The van der Waals surface area contributed by atoms with E-state index in [1.807, 2.05) is 0 Å². The number of carbonyl (C=O) groups is 4. The lowest BCUT2D eigenvalue weighted by Crippen LogP contribution is -2.61. The van der Waals surface area contributed by atoms with Gasteiger partial charge in [-0.15, -0.1) is 0 Å². The van der Waals surface area contributed by atoms with E-state index < -0.39 is 46.9 Å². The Bertz CT molecular complexity index is 1000. The molecule has 1 N–H and O–H groups in total. The molecule has 13 heteroatoms. The zero-order valence-electron chi connectivity index (χ0n) is 23.1. The first kappa shape index (κ1) is 33.0. The minimum atomic E-state index is -4.60. The fraction of sp³-hybridized carbons (Fsp3) is 0.630. The van der Waals surface area contributed by atoms with Crippen LogP contribution in [0.3, 0.4) is 0 Å². The van der Waals surface area contributed by atoms with Crippen molar-refractivity contribution < 1.29 is 56.0 Å². The summed E-state index contributed by atoms with van der Waals surface area (Å²) in [5.74, 6) is -5.21. The molecule has 0 saturated carbocycles. The molecule has 1 aromatic carbocycles. The van der Waals surface area contributed by atoms with Crippen molar-refractivity contribution in [1.82, 2.24) is 5.32 Å². The van der Waals surface area contributed by atoms with E-state index in [1.54, 1.807) is 6.92 Å². The summed E-state index contributed by atoms with van der Waals surface area (Å²) in [5.41, 5.74) is -3.36. The first-order valence-corrected chi connectivity index (χ1v) is 13.1. The molecular formula is C27H36F3NO9. The van der Waals surface area contributed by atoms with Gasteiger partial charge in [-0.3, -0.25) is 4.79 Å². The van der Waals surface area contributed by atoms with Gasteiger partial charge in [-0.25, -0.2) is 14.4 Å². The minimum Gasteiger partial charge on any atom is -0.464 e. The van der Waals surface area contributed by atoms with Gasteiger partial charge in [0, 0.05) is 18.4 Å². The predicted octanol–water partition coefficient (Wildman–Crippen LogP) is 3.80. The average molecular weight is 576 g/mol. The third-order valence-corrected chi connectivity index (χ3v) is 6.30. The topological polar surface area (TPSA) is 126 Å². The Labute approximate surface area is 230 Å². The van der Waals surface area contributed by atoms with Crippen LogP contribution >= 0.6 is 0 Å². The van der Waals surface area contributed by atoms with Crippen molar-refractivity contribution in [3.63, 3.8) is 0 Å². The molecule has 0 aliphatic carbocycles. The second-order valence-corrected chi connectivity index (χ2v) is 9.28. The fourth-order valence-corrected chi connectivity index (χ4v) is 4.05. The first-order chi connectivity index (χ1) is 18.8. The van der Waals surface area contributed by atoms with Crippen molar-refractivity contribution in [2.24, 2.45) is 5.92 Å². The second-order valence-electron chi connectivity index (χ2n) is 9.28. The lowest BCUT2D eigenvalue weighted by Gasteiger charge is -2.35. The molecule has 1 saturated heterocycles. The van der Waals surface area contributed by atoms with Crippen LogP contribution in [0.5, 0.6) is 0 Å². The standard InChI is InChI=1S/C27H36F3NO9/c1-5-36-22(33)25(4)39-16-18(17-40-25)10-8-9-15-26(23(34)37-6-2,24(35)38-7-3)31-21(32)19-11-13-20(14-12-19)27(28,29)30/h11-14,18H,5-10,15-17H2,1-4H3,(H,31,32). The normalized spacial score (nSPS) is 19.4. The molecule has 40 heavy (non-hydrogen) atoms. The molecule has 1 amide bonds. The predicted molar refractivity (Wildman–Crippen MR) is 134 cm³/mol. The van der Waals surface area contributed by atoms with Gasteiger partial charge in [-0.2, -0.15) is 13.2 Å². The number of alkyl halides is 3. The molecule has 0 unspecified atom stereocenters. The Morgan fingerprint density at radius 2 is 1.43 bits per heavy atom. The van der Waals surface area contributed by atoms with Crippen LogP contribution in [-0.4, -0.2) is 68.2 Å². The zero-order chi connectivity index (χ0) is 30.0. The lowest BCUT2D eigenvalue weighted by atomic mass is 9.90. The monoisotopic (exact) mass is 575 g/mol. The van der Waals surface area contributed by atoms with Crippen LogP contribution in [-0.2, 0) is 44.2 Å². The summed E-state index contributed by atoms with van der Waals surface area (Å²) in [4.78, 5) is 51.1. The van der Waals surface area contributed by atoms with Crippen molar-refractivity contribution in [2.75, 3.05) is 33.0 Å². The maximum Gasteiger partial charge on any atom is 0.416 e. The third-order valence-electron chi connectivity index (χ3n) is 6.30. The quantitative estimate of drug-likeness (QED) is 0.162. The Balaban J connectivity index is 2.13. The number of carbonyl (C=O) groups excluding carboxylic acids is 4. The van der Waals surface area contributed by atoms with E-state index in [0.29, 0.717) is 12.8 Å². The molecule has 1 fully saturated rings. The van der Waals surface area contributed by atoms with E-state index in [2.05, 4.69) is 5.32 Å². The SMILES string of the molecule is CCOC(=O)C1(C)OCC(CCCCC(NC(=O)c2ccc(C(F)(F)F)cc2)(C(=O)OCC)C(=O)OCC)CO1. The maximum atomic E-state index is 13.0. The Morgan fingerprint density at radius 3 is 1.90 bits per heavy atom. The number of hydrogen-bond donors (Lipinski definition) is 1. The molecule has 224 valence electrons. The van der Waals surface area contributed by atoms with Gasteiger partial charge < -0.3 is 29.0 Å². The molecule has 0 aromatic heterocycles. The number of halogens is 3. The molecule has 0 spiro atoms. The van der Waals surface area contributed by atoms with Crippen LogP contribution in [0.25, 0.3) is 0 Å². The Hall–Kier alpha value is -3.19. The summed E-state index contributed by atoms with van der Waals surface area (Å²) in [5, 5.41) is 2.38. The van der Waals surface area contributed by atoms with Gasteiger partial charge >= 0.3 is 24.1 Å². The van der Waals surface area contributed by atoms with Crippen LogP contribution < -0.4 is 5.32 Å². The highest BCUT2D eigenvalue weighted by Crippen LogP contribution is 2.30. The largest absolute Gasteiger partial charge is 0.464 e.